The second-order valence-corrected chi connectivity index (χ2v) is 9.43. The molecule has 0 radical (unpaired) electrons. The number of carbonyl (C=O) groups is 1. The Balaban J connectivity index is 1.55. The molecule has 1 atom stereocenters. The number of hydrogen-bond donors (Lipinski definition) is 2. The highest BCUT2D eigenvalue weighted by Crippen LogP contribution is 2.58. The summed E-state index contributed by atoms with van der Waals surface area (Å²) in [5.41, 5.74) is 5.21. The third kappa shape index (κ3) is 4.05. The summed E-state index contributed by atoms with van der Waals surface area (Å²) in [7, 11) is 0. The Labute approximate surface area is 196 Å². The van der Waals surface area contributed by atoms with Crippen molar-refractivity contribution in [3.8, 4) is 5.75 Å². The first-order chi connectivity index (χ1) is 14.0. The molecular formula is C23H18I2N2O2. The molecule has 1 unspecified atom stereocenters. The molecule has 0 bridgehead atoms. The van der Waals surface area contributed by atoms with Crippen molar-refractivity contribution in [3.05, 3.63) is 96.6 Å². The molecule has 29 heavy (non-hydrogen) atoms. The first-order valence-electron chi connectivity index (χ1n) is 9.14. The molecule has 3 aromatic carbocycles. The molecule has 1 aliphatic rings. The highest BCUT2D eigenvalue weighted by molar-refractivity contribution is 14.1. The lowest BCUT2D eigenvalue weighted by atomic mass is 9.85. The molecule has 4 rings (SSSR count). The van der Waals surface area contributed by atoms with Gasteiger partial charge < -0.3 is 5.11 Å². The van der Waals surface area contributed by atoms with Crippen LogP contribution < -0.4 is 5.43 Å². The maximum absolute atomic E-state index is 12.9. The second-order valence-electron chi connectivity index (χ2n) is 7.02. The van der Waals surface area contributed by atoms with Gasteiger partial charge in [-0.15, -0.1) is 0 Å². The maximum Gasteiger partial charge on any atom is 0.244 e. The van der Waals surface area contributed by atoms with Crippen molar-refractivity contribution in [3.63, 3.8) is 0 Å². The summed E-state index contributed by atoms with van der Waals surface area (Å²) in [6.45, 7) is 0. The van der Waals surface area contributed by atoms with E-state index in [0.29, 0.717) is 5.56 Å². The number of rotatable bonds is 5. The molecule has 0 aliphatic heterocycles. The molecule has 1 saturated carbocycles. The summed E-state index contributed by atoms with van der Waals surface area (Å²) in [6, 6.07) is 24.0. The summed E-state index contributed by atoms with van der Waals surface area (Å²) in [5.74, 6) is -0.138. The number of nitrogens with one attached hydrogen (secondary N) is 1. The fourth-order valence-corrected chi connectivity index (χ4v) is 5.67. The van der Waals surface area contributed by atoms with Crippen LogP contribution in [0.25, 0.3) is 0 Å². The number of phenols is 1. The predicted molar refractivity (Wildman–Crippen MR) is 131 cm³/mol. The zero-order chi connectivity index (χ0) is 20.4. The van der Waals surface area contributed by atoms with Crippen LogP contribution in [0.3, 0.4) is 0 Å². The summed E-state index contributed by atoms with van der Waals surface area (Å²) in [5, 5.41) is 14.3. The number of nitrogens with zero attached hydrogens (tertiary/aromatic N) is 1. The Kier molecular flexibility index (Phi) is 5.91. The largest absolute Gasteiger partial charge is 0.506 e. The molecule has 1 fully saturated rings. The summed E-state index contributed by atoms with van der Waals surface area (Å²) >= 11 is 4.26. The lowest BCUT2D eigenvalue weighted by molar-refractivity contribution is -0.122. The topological polar surface area (TPSA) is 61.7 Å². The van der Waals surface area contributed by atoms with Crippen LogP contribution in [-0.4, -0.2) is 17.2 Å². The standard InChI is InChI=1S/C23H18I2N2O2/c24-18-11-15(21(28)20(25)12-18)14-26-27-22(29)19-13-23(19,16-7-3-1-4-8-16)17-9-5-2-6-10-17/h1-12,14,19,28H,13H2,(H,27,29)/b26-14+. The molecule has 4 nitrogen and oxygen atoms in total. The van der Waals surface area contributed by atoms with Crippen LogP contribution >= 0.6 is 45.2 Å². The Morgan fingerprint density at radius 3 is 2.21 bits per heavy atom. The number of hydrogen-bond acceptors (Lipinski definition) is 3. The van der Waals surface area contributed by atoms with Crippen LogP contribution in [0.4, 0.5) is 0 Å². The number of halogens is 2. The third-order valence-electron chi connectivity index (χ3n) is 5.29. The molecule has 2 N–H and O–H groups in total. The molecule has 1 aliphatic carbocycles. The van der Waals surface area contributed by atoms with Crippen LogP contribution in [0.5, 0.6) is 5.75 Å². The minimum Gasteiger partial charge on any atom is -0.506 e. The van der Waals surface area contributed by atoms with Gasteiger partial charge in [0.2, 0.25) is 5.91 Å². The number of aromatic hydroxyl groups is 1. The quantitative estimate of drug-likeness (QED) is 0.242. The van der Waals surface area contributed by atoms with Crippen LogP contribution in [0.1, 0.15) is 23.1 Å². The van der Waals surface area contributed by atoms with E-state index in [1.165, 1.54) is 6.21 Å². The average Bonchev–Trinajstić information content (AvgIpc) is 3.50. The van der Waals surface area contributed by atoms with Gasteiger partial charge in [0.15, 0.2) is 0 Å². The number of hydrazone groups is 1. The minimum absolute atomic E-state index is 0.117. The highest BCUT2D eigenvalue weighted by atomic mass is 127. The second kappa shape index (κ2) is 8.43. The van der Waals surface area contributed by atoms with Gasteiger partial charge in [-0.2, -0.15) is 5.10 Å². The molecular weight excluding hydrogens is 590 g/mol. The van der Waals surface area contributed by atoms with Crippen LogP contribution in [0.15, 0.2) is 77.9 Å². The predicted octanol–water partition coefficient (Wildman–Crippen LogP) is 5.06. The van der Waals surface area contributed by atoms with Gasteiger partial charge in [0.05, 0.1) is 15.7 Å². The molecule has 0 spiro atoms. The number of carbonyl (C=O) groups excluding carboxylic acids is 1. The third-order valence-corrected chi connectivity index (χ3v) is 6.74. The van der Waals surface area contributed by atoms with E-state index in [4.69, 9.17) is 0 Å². The van der Waals surface area contributed by atoms with E-state index in [1.807, 2.05) is 48.5 Å². The van der Waals surface area contributed by atoms with Gasteiger partial charge in [0.1, 0.15) is 5.75 Å². The van der Waals surface area contributed by atoms with Crippen molar-refractivity contribution in [2.75, 3.05) is 0 Å². The van der Waals surface area contributed by atoms with Gasteiger partial charge in [-0.1, -0.05) is 60.7 Å². The average molecular weight is 608 g/mol. The number of benzene rings is 3. The molecule has 146 valence electrons. The first-order valence-corrected chi connectivity index (χ1v) is 11.3. The van der Waals surface area contributed by atoms with Crippen LogP contribution in [0.2, 0.25) is 0 Å². The van der Waals surface area contributed by atoms with E-state index in [0.717, 1.165) is 24.7 Å². The van der Waals surface area contributed by atoms with Gasteiger partial charge in [0, 0.05) is 14.5 Å². The molecule has 0 heterocycles. The molecule has 0 aromatic heterocycles. The van der Waals surface area contributed by atoms with Gasteiger partial charge >= 0.3 is 0 Å². The van der Waals surface area contributed by atoms with E-state index in [-0.39, 0.29) is 23.0 Å². The van der Waals surface area contributed by atoms with Crippen molar-refractivity contribution >= 4 is 57.3 Å². The molecule has 1 amide bonds. The van der Waals surface area contributed by atoms with E-state index in [1.54, 1.807) is 0 Å². The van der Waals surface area contributed by atoms with Crippen LogP contribution in [-0.2, 0) is 10.2 Å². The van der Waals surface area contributed by atoms with Gasteiger partial charge in [-0.05, 0) is 74.9 Å². The monoisotopic (exact) mass is 608 g/mol. The zero-order valence-electron chi connectivity index (χ0n) is 15.3. The van der Waals surface area contributed by atoms with Crippen molar-refractivity contribution in [2.45, 2.75) is 11.8 Å². The van der Waals surface area contributed by atoms with E-state index in [2.05, 4.69) is 80.0 Å². The Morgan fingerprint density at radius 1 is 1.03 bits per heavy atom. The highest BCUT2D eigenvalue weighted by Gasteiger charge is 2.60. The van der Waals surface area contributed by atoms with Gasteiger partial charge in [0.25, 0.3) is 0 Å². The maximum atomic E-state index is 12.9. The molecule has 6 heteroatoms. The Bertz CT molecular complexity index is 1030. The minimum atomic E-state index is -0.318. The summed E-state index contributed by atoms with van der Waals surface area (Å²) in [4.78, 5) is 12.9. The Hall–Kier alpha value is -1.94. The van der Waals surface area contributed by atoms with E-state index >= 15 is 0 Å². The number of phenolic OH excluding ortho intramolecular Hbond substituents is 1. The van der Waals surface area contributed by atoms with E-state index < -0.39 is 0 Å². The van der Waals surface area contributed by atoms with Crippen molar-refractivity contribution in [1.82, 2.24) is 5.43 Å². The van der Waals surface area contributed by atoms with Crippen LogP contribution in [0, 0.1) is 13.1 Å². The van der Waals surface area contributed by atoms with E-state index in [9.17, 15) is 9.90 Å². The van der Waals surface area contributed by atoms with Crippen molar-refractivity contribution in [1.29, 1.82) is 0 Å². The smallest absolute Gasteiger partial charge is 0.244 e. The first kappa shape index (κ1) is 20.3. The summed E-state index contributed by atoms with van der Waals surface area (Å²) < 4.78 is 1.74. The lowest BCUT2D eigenvalue weighted by Crippen LogP contribution is -2.25. The summed E-state index contributed by atoms with van der Waals surface area (Å²) in [6.07, 6.45) is 2.24. The Morgan fingerprint density at radius 2 is 1.62 bits per heavy atom. The van der Waals surface area contributed by atoms with Crippen molar-refractivity contribution in [2.24, 2.45) is 11.0 Å². The molecule has 3 aromatic rings. The van der Waals surface area contributed by atoms with Gasteiger partial charge in [-0.25, -0.2) is 5.43 Å². The zero-order valence-corrected chi connectivity index (χ0v) is 19.7. The molecule has 0 saturated heterocycles. The van der Waals surface area contributed by atoms with Crippen molar-refractivity contribution < 1.29 is 9.90 Å². The normalized spacial score (nSPS) is 17.2. The lowest BCUT2D eigenvalue weighted by Gasteiger charge is -2.18. The van der Waals surface area contributed by atoms with Gasteiger partial charge in [-0.3, -0.25) is 4.79 Å². The number of amides is 1. The SMILES string of the molecule is O=C(N/N=C/c1cc(I)cc(I)c1O)C1CC1(c1ccccc1)c1ccccc1. The fraction of sp³-hybridized carbons (Fsp3) is 0.130. The fourth-order valence-electron chi connectivity index (χ4n) is 3.78.